The van der Waals surface area contributed by atoms with E-state index in [1.54, 1.807) is 0 Å². The van der Waals surface area contributed by atoms with Crippen molar-refractivity contribution in [1.82, 2.24) is 5.32 Å². The van der Waals surface area contributed by atoms with Crippen LogP contribution in [-0.2, 0) is 0 Å². The van der Waals surface area contributed by atoms with Gasteiger partial charge in [0.1, 0.15) is 0 Å². The van der Waals surface area contributed by atoms with Crippen molar-refractivity contribution in [2.45, 2.75) is 32.1 Å². The molecule has 0 radical (unpaired) electrons. The summed E-state index contributed by atoms with van der Waals surface area (Å²) in [5.41, 5.74) is 6.78. The fourth-order valence-electron chi connectivity index (χ4n) is 2.66. The molecule has 0 unspecified atom stereocenters. The first-order valence-corrected chi connectivity index (χ1v) is 7.37. The van der Waals surface area contributed by atoms with Crippen molar-refractivity contribution in [3.63, 3.8) is 0 Å². The van der Waals surface area contributed by atoms with Gasteiger partial charge in [0, 0.05) is 12.1 Å². The van der Waals surface area contributed by atoms with Gasteiger partial charge in [0.05, 0.1) is 12.1 Å². The third-order valence-corrected chi connectivity index (χ3v) is 3.77. The Labute approximate surface area is 120 Å². The van der Waals surface area contributed by atoms with Crippen LogP contribution in [0.3, 0.4) is 0 Å². The molecule has 1 amide bonds. The Bertz CT molecular complexity index is 507. The minimum absolute atomic E-state index is 0.0301. The Hall–Kier alpha value is -1.79. The SMILES string of the molecule is NCC#Cc1ccccc1C(=O)NCC1CCCCC1. The Balaban J connectivity index is 1.97. The number of rotatable bonds is 3. The molecule has 1 saturated carbocycles. The molecule has 2 rings (SSSR count). The average molecular weight is 270 g/mol. The highest BCUT2D eigenvalue weighted by Gasteiger charge is 2.15. The van der Waals surface area contributed by atoms with Crippen molar-refractivity contribution in [3.05, 3.63) is 35.4 Å². The number of hydrogen-bond donors (Lipinski definition) is 2. The fraction of sp³-hybridized carbons (Fsp3) is 0.471. The Morgan fingerprint density at radius 3 is 2.75 bits per heavy atom. The zero-order chi connectivity index (χ0) is 14.2. The fourth-order valence-corrected chi connectivity index (χ4v) is 2.66. The van der Waals surface area contributed by atoms with Gasteiger partial charge in [-0.05, 0) is 30.9 Å². The molecule has 1 aliphatic rings. The number of hydrogen-bond acceptors (Lipinski definition) is 2. The van der Waals surface area contributed by atoms with Gasteiger partial charge in [-0.3, -0.25) is 4.79 Å². The highest BCUT2D eigenvalue weighted by atomic mass is 16.1. The molecule has 0 aromatic heterocycles. The predicted molar refractivity (Wildman–Crippen MR) is 81.3 cm³/mol. The lowest BCUT2D eigenvalue weighted by atomic mass is 9.89. The molecule has 3 nitrogen and oxygen atoms in total. The van der Waals surface area contributed by atoms with Crippen molar-refractivity contribution in [3.8, 4) is 11.8 Å². The van der Waals surface area contributed by atoms with E-state index >= 15 is 0 Å². The molecule has 3 heteroatoms. The zero-order valence-corrected chi connectivity index (χ0v) is 11.8. The second kappa shape index (κ2) is 7.72. The van der Waals surface area contributed by atoms with Crippen LogP contribution in [0.15, 0.2) is 24.3 Å². The van der Waals surface area contributed by atoms with E-state index in [9.17, 15) is 4.79 Å². The van der Waals surface area contributed by atoms with Gasteiger partial charge in [0.2, 0.25) is 0 Å². The molecular formula is C17H22N2O. The van der Waals surface area contributed by atoms with Crippen molar-refractivity contribution in [1.29, 1.82) is 0 Å². The van der Waals surface area contributed by atoms with E-state index in [0.717, 1.165) is 12.1 Å². The lowest BCUT2D eigenvalue weighted by Crippen LogP contribution is -2.30. The van der Waals surface area contributed by atoms with E-state index in [2.05, 4.69) is 17.2 Å². The molecule has 0 bridgehead atoms. The monoisotopic (exact) mass is 270 g/mol. The summed E-state index contributed by atoms with van der Waals surface area (Å²) >= 11 is 0. The lowest BCUT2D eigenvalue weighted by molar-refractivity contribution is 0.0943. The summed E-state index contributed by atoms with van der Waals surface area (Å²) in [4.78, 5) is 12.3. The zero-order valence-electron chi connectivity index (χ0n) is 11.8. The normalized spacial score (nSPS) is 15.2. The minimum Gasteiger partial charge on any atom is -0.352 e. The molecule has 1 fully saturated rings. The van der Waals surface area contributed by atoms with E-state index < -0.39 is 0 Å². The largest absolute Gasteiger partial charge is 0.352 e. The quantitative estimate of drug-likeness (QED) is 0.828. The van der Waals surface area contributed by atoms with Gasteiger partial charge in [-0.1, -0.05) is 43.2 Å². The molecule has 106 valence electrons. The Kier molecular flexibility index (Phi) is 5.64. The first-order chi connectivity index (χ1) is 9.81. The van der Waals surface area contributed by atoms with Crippen LogP contribution in [-0.4, -0.2) is 19.0 Å². The number of nitrogens with two attached hydrogens (primary N) is 1. The number of benzene rings is 1. The molecule has 20 heavy (non-hydrogen) atoms. The minimum atomic E-state index is -0.0301. The predicted octanol–water partition coefficient (Wildman–Crippen LogP) is 2.31. The highest BCUT2D eigenvalue weighted by Crippen LogP contribution is 2.22. The van der Waals surface area contributed by atoms with Crippen molar-refractivity contribution in [2.24, 2.45) is 11.7 Å². The van der Waals surface area contributed by atoms with Gasteiger partial charge in [-0.25, -0.2) is 0 Å². The summed E-state index contributed by atoms with van der Waals surface area (Å²) in [7, 11) is 0. The Morgan fingerprint density at radius 2 is 2.00 bits per heavy atom. The van der Waals surface area contributed by atoms with Gasteiger partial charge < -0.3 is 11.1 Å². The summed E-state index contributed by atoms with van der Waals surface area (Å²) in [6.45, 7) is 1.08. The maximum Gasteiger partial charge on any atom is 0.252 e. The first-order valence-electron chi connectivity index (χ1n) is 7.37. The molecular weight excluding hydrogens is 248 g/mol. The molecule has 3 N–H and O–H groups in total. The molecule has 1 aromatic rings. The van der Waals surface area contributed by atoms with Crippen LogP contribution in [0.2, 0.25) is 0 Å². The number of carbonyl (C=O) groups is 1. The summed E-state index contributed by atoms with van der Waals surface area (Å²) in [5.74, 6) is 6.36. The summed E-state index contributed by atoms with van der Waals surface area (Å²) in [6, 6.07) is 7.43. The van der Waals surface area contributed by atoms with Crippen LogP contribution in [0.5, 0.6) is 0 Å². The van der Waals surface area contributed by atoms with Gasteiger partial charge in [0.15, 0.2) is 0 Å². The van der Waals surface area contributed by atoms with E-state index in [1.807, 2.05) is 24.3 Å². The van der Waals surface area contributed by atoms with Gasteiger partial charge in [-0.15, -0.1) is 0 Å². The van der Waals surface area contributed by atoms with Gasteiger partial charge in [0.25, 0.3) is 5.91 Å². The van der Waals surface area contributed by atoms with E-state index in [1.165, 1.54) is 32.1 Å². The molecule has 0 spiro atoms. The average Bonchev–Trinajstić information content (AvgIpc) is 2.52. The van der Waals surface area contributed by atoms with Crippen molar-refractivity contribution < 1.29 is 4.79 Å². The van der Waals surface area contributed by atoms with Crippen LogP contribution in [0.1, 0.15) is 48.0 Å². The maximum atomic E-state index is 12.3. The molecule has 0 atom stereocenters. The van der Waals surface area contributed by atoms with E-state index in [0.29, 0.717) is 18.0 Å². The van der Waals surface area contributed by atoms with E-state index in [4.69, 9.17) is 5.73 Å². The smallest absolute Gasteiger partial charge is 0.252 e. The third-order valence-electron chi connectivity index (χ3n) is 3.77. The molecule has 0 saturated heterocycles. The third kappa shape index (κ3) is 4.11. The van der Waals surface area contributed by atoms with Crippen LogP contribution in [0, 0.1) is 17.8 Å². The van der Waals surface area contributed by atoms with E-state index in [-0.39, 0.29) is 5.91 Å². The van der Waals surface area contributed by atoms with Crippen LogP contribution in [0.25, 0.3) is 0 Å². The van der Waals surface area contributed by atoms with Gasteiger partial charge in [-0.2, -0.15) is 0 Å². The van der Waals surface area contributed by atoms with Crippen LogP contribution < -0.4 is 11.1 Å². The molecule has 1 aromatic carbocycles. The maximum absolute atomic E-state index is 12.3. The lowest BCUT2D eigenvalue weighted by Gasteiger charge is -2.21. The van der Waals surface area contributed by atoms with Gasteiger partial charge >= 0.3 is 0 Å². The molecule has 0 aliphatic heterocycles. The standard InChI is InChI=1S/C17H22N2O/c18-12-6-10-15-9-4-5-11-16(15)17(20)19-13-14-7-2-1-3-8-14/h4-5,9,11,14H,1-3,7-8,12-13,18H2,(H,19,20). The molecule has 0 heterocycles. The molecule has 1 aliphatic carbocycles. The first kappa shape index (κ1) is 14.6. The number of carbonyl (C=O) groups excluding carboxylic acids is 1. The van der Waals surface area contributed by atoms with Crippen LogP contribution >= 0.6 is 0 Å². The summed E-state index contributed by atoms with van der Waals surface area (Å²) in [6.07, 6.45) is 6.38. The topological polar surface area (TPSA) is 55.1 Å². The van der Waals surface area contributed by atoms with Crippen LogP contribution in [0.4, 0.5) is 0 Å². The Morgan fingerprint density at radius 1 is 1.25 bits per heavy atom. The highest BCUT2D eigenvalue weighted by molar-refractivity contribution is 5.96. The number of nitrogens with one attached hydrogen (secondary N) is 1. The summed E-state index contributed by atoms with van der Waals surface area (Å²) < 4.78 is 0. The summed E-state index contributed by atoms with van der Waals surface area (Å²) in [5, 5.41) is 3.05. The van der Waals surface area contributed by atoms with Crippen molar-refractivity contribution >= 4 is 5.91 Å². The second-order valence-electron chi connectivity index (χ2n) is 5.27. The number of amides is 1. The van der Waals surface area contributed by atoms with Crippen molar-refractivity contribution in [2.75, 3.05) is 13.1 Å². The second-order valence-corrected chi connectivity index (χ2v) is 5.27.